The van der Waals surface area contributed by atoms with Gasteiger partial charge in [0.1, 0.15) is 17.1 Å². The number of fused-ring (bicyclic) bond motifs is 2. The van der Waals surface area contributed by atoms with Crippen molar-refractivity contribution in [3.63, 3.8) is 0 Å². The molecule has 5 N–H and O–H groups in total. The molecule has 206 valence electrons. The van der Waals surface area contributed by atoms with Crippen molar-refractivity contribution in [2.75, 3.05) is 0 Å². The van der Waals surface area contributed by atoms with E-state index < -0.39 is 29.3 Å². The molecule has 0 saturated heterocycles. The van der Waals surface area contributed by atoms with Crippen LogP contribution >= 0.6 is 0 Å². The minimum absolute atomic E-state index is 0.0751. The molecular formula is C29H24O11. The topological polar surface area (TPSA) is 200 Å². The monoisotopic (exact) mass is 548 g/mol. The summed E-state index contributed by atoms with van der Waals surface area (Å²) in [5.41, 5.74) is 0.524. The summed E-state index contributed by atoms with van der Waals surface area (Å²) < 4.78 is 5.94. The molecule has 2 aromatic carbocycles. The summed E-state index contributed by atoms with van der Waals surface area (Å²) in [5.74, 6) is -4.85. The number of hydrogen-bond donors (Lipinski definition) is 5. The van der Waals surface area contributed by atoms with Crippen molar-refractivity contribution < 1.29 is 49.1 Å². The van der Waals surface area contributed by atoms with Gasteiger partial charge in [-0.2, -0.15) is 0 Å². The standard InChI is InChI=1S/C29H24O11/c30-21-12-23-19(9-14(21)3-1-5-25(32)33)27(17-8-7-16(28(36)37)11-18(17)29(38)39)20-10-15(4-2-6-26(34)35)22(31)13-24(20)40-23/h7-13,30H,1-6H2,(H,32,33)(H,34,35)(H,36,37)(H,38,39). The van der Waals surface area contributed by atoms with Crippen LogP contribution in [0.15, 0.2) is 51.7 Å². The van der Waals surface area contributed by atoms with Gasteiger partial charge >= 0.3 is 23.9 Å². The zero-order valence-corrected chi connectivity index (χ0v) is 21.0. The van der Waals surface area contributed by atoms with Crippen LogP contribution < -0.4 is 5.43 Å². The summed E-state index contributed by atoms with van der Waals surface area (Å²) in [6, 6.07) is 9.17. The fraction of sp³-hybridized carbons (Fsp3) is 0.207. The molecule has 1 aliphatic heterocycles. The maximum absolute atomic E-state index is 12.8. The van der Waals surface area contributed by atoms with Crippen molar-refractivity contribution >= 4 is 34.8 Å². The second kappa shape index (κ2) is 11.3. The van der Waals surface area contributed by atoms with Gasteiger partial charge in [-0.05, 0) is 61.1 Å². The molecule has 0 fully saturated rings. The Labute approximate surface area is 225 Å². The molecule has 0 bridgehead atoms. The van der Waals surface area contributed by atoms with Crippen LogP contribution in [0.2, 0.25) is 0 Å². The van der Waals surface area contributed by atoms with E-state index in [0.29, 0.717) is 22.1 Å². The number of aromatic carboxylic acids is 2. The summed E-state index contributed by atoms with van der Waals surface area (Å²) in [6.45, 7) is 0. The van der Waals surface area contributed by atoms with Crippen LogP contribution in [0.4, 0.5) is 0 Å². The Hall–Kier alpha value is -5.19. The summed E-state index contributed by atoms with van der Waals surface area (Å²) in [6.07, 6.45) is 0.428. The van der Waals surface area contributed by atoms with Gasteiger partial charge in [-0.15, -0.1) is 0 Å². The number of benzene rings is 3. The van der Waals surface area contributed by atoms with Gasteiger partial charge in [0.15, 0.2) is 5.43 Å². The maximum Gasteiger partial charge on any atom is 0.336 e. The first kappa shape index (κ1) is 27.8. The van der Waals surface area contributed by atoms with Gasteiger partial charge in [-0.1, -0.05) is 6.07 Å². The number of carboxylic acid groups (broad SMARTS) is 4. The highest BCUT2D eigenvalue weighted by Gasteiger charge is 2.25. The van der Waals surface area contributed by atoms with E-state index in [9.17, 15) is 39.3 Å². The Morgan fingerprint density at radius 2 is 1.38 bits per heavy atom. The number of aromatic hydroxyl groups is 1. The second-order valence-electron chi connectivity index (χ2n) is 9.28. The molecule has 2 aromatic rings. The van der Waals surface area contributed by atoms with E-state index in [0.717, 1.165) is 6.07 Å². The lowest BCUT2D eigenvalue weighted by Gasteiger charge is -2.19. The maximum atomic E-state index is 12.8. The third-order valence-corrected chi connectivity index (χ3v) is 6.54. The van der Waals surface area contributed by atoms with E-state index in [2.05, 4.69) is 0 Å². The van der Waals surface area contributed by atoms with Crippen LogP contribution in [0.3, 0.4) is 0 Å². The van der Waals surface area contributed by atoms with Crippen LogP contribution in [0.25, 0.3) is 33.4 Å². The zero-order valence-electron chi connectivity index (χ0n) is 21.0. The minimum Gasteiger partial charge on any atom is -0.508 e. The van der Waals surface area contributed by atoms with Crippen molar-refractivity contribution in [3.8, 4) is 28.2 Å². The van der Waals surface area contributed by atoms with Gasteiger partial charge in [0.25, 0.3) is 0 Å². The first-order valence-corrected chi connectivity index (χ1v) is 12.3. The van der Waals surface area contributed by atoms with E-state index in [1.54, 1.807) is 6.07 Å². The van der Waals surface area contributed by atoms with Crippen LogP contribution in [0.5, 0.6) is 5.75 Å². The van der Waals surface area contributed by atoms with E-state index in [-0.39, 0.29) is 77.9 Å². The molecule has 1 aliphatic carbocycles. The number of rotatable bonds is 11. The fourth-order valence-corrected chi connectivity index (χ4v) is 4.66. The molecule has 0 amide bonds. The quantitative estimate of drug-likeness (QED) is 0.165. The van der Waals surface area contributed by atoms with Crippen LogP contribution in [-0.4, -0.2) is 49.4 Å². The summed E-state index contributed by atoms with van der Waals surface area (Å²) in [5, 5.41) is 48.3. The molecule has 40 heavy (non-hydrogen) atoms. The Balaban J connectivity index is 2.05. The lowest BCUT2D eigenvalue weighted by Crippen LogP contribution is -2.11. The third-order valence-electron chi connectivity index (χ3n) is 6.54. The van der Waals surface area contributed by atoms with E-state index >= 15 is 0 Å². The summed E-state index contributed by atoms with van der Waals surface area (Å²) in [7, 11) is 0. The first-order valence-electron chi connectivity index (χ1n) is 12.3. The van der Waals surface area contributed by atoms with Crippen molar-refractivity contribution in [3.05, 3.63) is 74.9 Å². The Kier molecular flexibility index (Phi) is 7.85. The lowest BCUT2D eigenvalue weighted by atomic mass is 9.87. The van der Waals surface area contributed by atoms with Gasteiger partial charge in [-0.25, -0.2) is 9.59 Å². The number of carboxylic acids is 4. The van der Waals surface area contributed by atoms with Crippen molar-refractivity contribution in [2.45, 2.75) is 38.5 Å². The molecule has 11 nitrogen and oxygen atoms in total. The minimum atomic E-state index is -1.40. The van der Waals surface area contributed by atoms with Crippen molar-refractivity contribution in [1.82, 2.24) is 0 Å². The summed E-state index contributed by atoms with van der Waals surface area (Å²) >= 11 is 0. The Morgan fingerprint density at radius 1 is 0.725 bits per heavy atom. The van der Waals surface area contributed by atoms with Gasteiger partial charge in [0.2, 0.25) is 0 Å². The molecule has 1 heterocycles. The molecule has 0 unspecified atom stereocenters. The molecule has 4 rings (SSSR count). The summed E-state index contributed by atoms with van der Waals surface area (Å²) in [4.78, 5) is 58.6. The Morgan fingerprint density at radius 3 is 1.98 bits per heavy atom. The van der Waals surface area contributed by atoms with Crippen molar-refractivity contribution in [1.29, 1.82) is 0 Å². The normalized spacial score (nSPS) is 11.1. The number of aryl methyl sites for hydroxylation is 2. The molecule has 2 aliphatic rings. The molecule has 0 radical (unpaired) electrons. The molecule has 0 aromatic heterocycles. The highest BCUT2D eigenvalue weighted by Crippen LogP contribution is 2.43. The van der Waals surface area contributed by atoms with Crippen molar-refractivity contribution in [2.24, 2.45) is 0 Å². The average Bonchev–Trinajstić information content (AvgIpc) is 2.87. The number of phenols is 1. The van der Waals surface area contributed by atoms with Gasteiger partial charge in [0.05, 0.1) is 11.1 Å². The molecule has 0 saturated carbocycles. The third kappa shape index (κ3) is 5.78. The number of aliphatic carboxylic acids is 2. The van der Waals surface area contributed by atoms with Gasteiger partial charge in [0, 0.05) is 47.1 Å². The molecular weight excluding hydrogens is 524 g/mol. The second-order valence-corrected chi connectivity index (χ2v) is 9.28. The molecule has 0 spiro atoms. The lowest BCUT2D eigenvalue weighted by molar-refractivity contribution is -0.138. The highest BCUT2D eigenvalue weighted by atomic mass is 16.4. The molecule has 0 atom stereocenters. The van der Waals surface area contributed by atoms with Gasteiger partial charge < -0.3 is 29.9 Å². The van der Waals surface area contributed by atoms with Crippen LogP contribution in [0.1, 0.15) is 57.5 Å². The zero-order chi connectivity index (χ0) is 29.1. The van der Waals surface area contributed by atoms with Gasteiger partial charge in [-0.3, -0.25) is 14.4 Å². The van der Waals surface area contributed by atoms with E-state index in [1.807, 2.05) is 0 Å². The highest BCUT2D eigenvalue weighted by molar-refractivity contribution is 6.09. The van der Waals surface area contributed by atoms with E-state index in [1.165, 1.54) is 30.3 Å². The Bertz CT molecular complexity index is 1700. The smallest absolute Gasteiger partial charge is 0.336 e. The van der Waals surface area contributed by atoms with Crippen LogP contribution in [0, 0.1) is 0 Å². The predicted octanol–water partition coefficient (Wildman–Crippen LogP) is 4.48. The average molecular weight is 549 g/mol. The van der Waals surface area contributed by atoms with E-state index in [4.69, 9.17) is 14.6 Å². The first-order chi connectivity index (χ1) is 19.0. The number of hydrogen-bond acceptors (Lipinski definition) is 7. The fourth-order valence-electron chi connectivity index (χ4n) is 4.66. The predicted molar refractivity (Wildman–Crippen MR) is 141 cm³/mol. The SMILES string of the molecule is O=C(O)CCCc1cc2c(-c3ccc(C(=O)O)cc3C(=O)O)c3cc(CCCC(=O)O)c(=O)cc-3oc2cc1O. The van der Waals surface area contributed by atoms with Crippen LogP contribution in [-0.2, 0) is 22.4 Å². The largest absolute Gasteiger partial charge is 0.508 e. The number of phenolic OH excluding ortho intramolecular Hbond substituents is 1. The molecule has 11 heteroatoms. The number of carbonyl (C=O) groups is 4.